The maximum Gasteiger partial charge on any atom is 0.505 e. The van der Waals surface area contributed by atoms with E-state index < -0.39 is 22.8 Å². The molecule has 0 aliphatic carbocycles. The van der Waals surface area contributed by atoms with Crippen LogP contribution in [0.5, 0.6) is 0 Å². The summed E-state index contributed by atoms with van der Waals surface area (Å²) in [6.45, 7) is 0.974. The number of ether oxygens (including phenoxy) is 1. The fourth-order valence-corrected chi connectivity index (χ4v) is 0.366. The van der Waals surface area contributed by atoms with Crippen molar-refractivity contribution in [2.75, 3.05) is 6.61 Å². The molecular formula is C5H8ClNO8. The third kappa shape index (κ3) is 24.5. The van der Waals surface area contributed by atoms with Crippen LogP contribution >= 0.6 is 11.6 Å². The molecule has 0 aliphatic rings. The van der Waals surface area contributed by atoms with E-state index in [1.54, 1.807) is 0 Å². The van der Waals surface area contributed by atoms with Crippen molar-refractivity contribution in [3.05, 3.63) is 10.1 Å². The van der Waals surface area contributed by atoms with Crippen LogP contribution in [0.25, 0.3) is 0 Å². The van der Waals surface area contributed by atoms with Gasteiger partial charge in [-0.2, -0.15) is 0 Å². The quantitative estimate of drug-likeness (QED) is 0.326. The first-order valence-electron chi connectivity index (χ1n) is 3.31. The second-order valence-corrected chi connectivity index (χ2v) is 2.29. The summed E-state index contributed by atoms with van der Waals surface area (Å²) in [5.74, 6) is 0. The Morgan fingerprint density at radius 2 is 1.93 bits per heavy atom. The van der Waals surface area contributed by atoms with Gasteiger partial charge >= 0.3 is 11.6 Å². The monoisotopic (exact) mass is 245 g/mol. The van der Waals surface area contributed by atoms with Gasteiger partial charge in [0.15, 0.2) is 0 Å². The fraction of sp³-hybridized carbons (Fsp3) is 0.600. The molecule has 10 heteroatoms. The fourth-order valence-electron chi connectivity index (χ4n) is 0.366. The highest BCUT2D eigenvalue weighted by molar-refractivity contribution is 6.60. The van der Waals surface area contributed by atoms with Crippen LogP contribution in [0.2, 0.25) is 0 Å². The summed E-state index contributed by atoms with van der Waals surface area (Å²) < 4.78 is 3.99. The Hall–Kier alpha value is -1.77. The van der Waals surface area contributed by atoms with Gasteiger partial charge in [-0.1, -0.05) is 0 Å². The van der Waals surface area contributed by atoms with Crippen molar-refractivity contribution in [3.8, 4) is 0 Å². The van der Waals surface area contributed by atoms with E-state index in [0.717, 1.165) is 0 Å². The first-order chi connectivity index (χ1) is 6.75. The maximum atomic E-state index is 9.74. The lowest BCUT2D eigenvalue weighted by Crippen LogP contribution is -2.20. The van der Waals surface area contributed by atoms with Crippen molar-refractivity contribution < 1.29 is 34.5 Å². The molecule has 0 aromatic heterocycles. The minimum Gasteiger partial charge on any atom is -0.469 e. The smallest absolute Gasteiger partial charge is 0.469 e. The van der Waals surface area contributed by atoms with Gasteiger partial charge < -0.3 is 19.8 Å². The van der Waals surface area contributed by atoms with Gasteiger partial charge in [0, 0.05) is 11.6 Å². The molecule has 1 atom stereocenters. The minimum absolute atomic E-state index is 0.351. The summed E-state index contributed by atoms with van der Waals surface area (Å²) in [6.07, 6.45) is -2.36. The molecule has 0 amide bonds. The molecule has 0 saturated carbocycles. The molecule has 2 N–H and O–H groups in total. The summed E-state index contributed by atoms with van der Waals surface area (Å²) in [7, 11) is 0. The molecule has 88 valence electrons. The van der Waals surface area contributed by atoms with E-state index in [0.29, 0.717) is 0 Å². The maximum absolute atomic E-state index is 9.74. The second-order valence-electron chi connectivity index (χ2n) is 1.97. The molecule has 0 radical (unpaired) electrons. The first kappa shape index (κ1) is 15.7. The van der Waals surface area contributed by atoms with Gasteiger partial charge in [-0.3, -0.25) is 0 Å². The summed E-state index contributed by atoms with van der Waals surface area (Å²) in [5, 5.41) is 23.8. The average Bonchev–Trinajstić information content (AvgIpc) is 1.98. The van der Waals surface area contributed by atoms with E-state index >= 15 is 0 Å². The Morgan fingerprint density at radius 3 is 2.20 bits per heavy atom. The van der Waals surface area contributed by atoms with Crippen molar-refractivity contribution in [3.63, 3.8) is 0 Å². The van der Waals surface area contributed by atoms with Crippen molar-refractivity contribution >= 4 is 23.2 Å². The van der Waals surface area contributed by atoms with Crippen LogP contribution in [0.15, 0.2) is 0 Å². The van der Waals surface area contributed by atoms with Gasteiger partial charge in [0.2, 0.25) is 0 Å². The summed E-state index contributed by atoms with van der Waals surface area (Å²) in [4.78, 5) is 32.1. The Kier molecular flexibility index (Phi) is 9.22. The topological polar surface area (TPSA) is 136 Å². The number of carbonyl (C=O) groups is 2. The van der Waals surface area contributed by atoms with Gasteiger partial charge in [-0.25, -0.2) is 9.59 Å². The number of hydrogen-bond donors (Lipinski definition) is 2. The van der Waals surface area contributed by atoms with E-state index in [1.165, 1.54) is 6.92 Å². The predicted molar refractivity (Wildman–Crippen MR) is 45.4 cm³/mol. The van der Waals surface area contributed by atoms with Gasteiger partial charge in [0.1, 0.15) is 12.7 Å². The van der Waals surface area contributed by atoms with Gasteiger partial charge in [0.25, 0.3) is 5.09 Å². The van der Waals surface area contributed by atoms with Crippen LogP contribution in [0, 0.1) is 10.1 Å². The Balaban J connectivity index is 0. The molecular weight excluding hydrogens is 238 g/mol. The minimum atomic E-state index is -1.48. The second kappa shape index (κ2) is 8.81. The van der Waals surface area contributed by atoms with E-state index in [-0.39, 0.29) is 6.61 Å². The van der Waals surface area contributed by atoms with E-state index in [9.17, 15) is 14.9 Å². The van der Waals surface area contributed by atoms with Crippen LogP contribution in [-0.4, -0.2) is 39.6 Å². The van der Waals surface area contributed by atoms with Gasteiger partial charge in [-0.15, -0.1) is 10.1 Å². The Morgan fingerprint density at radius 1 is 1.53 bits per heavy atom. The van der Waals surface area contributed by atoms with Crippen LogP contribution in [-0.2, 0) is 9.57 Å². The number of nitrogens with zero attached hydrogens (tertiary/aromatic N) is 1. The molecule has 1 unspecified atom stereocenters. The summed E-state index contributed by atoms with van der Waals surface area (Å²) >= 11 is 4.19. The molecule has 15 heavy (non-hydrogen) atoms. The van der Waals surface area contributed by atoms with Crippen LogP contribution in [0.4, 0.5) is 9.59 Å². The molecule has 9 nitrogen and oxygen atoms in total. The molecule has 0 bridgehead atoms. The lowest BCUT2D eigenvalue weighted by atomic mass is 10.4. The van der Waals surface area contributed by atoms with E-state index in [4.69, 9.17) is 15.0 Å². The summed E-state index contributed by atoms with van der Waals surface area (Å²) in [5.41, 5.74) is -1.36. The lowest BCUT2D eigenvalue weighted by Gasteiger charge is -2.06. The normalized spacial score (nSPS) is 10.3. The molecule has 0 aromatic rings. The van der Waals surface area contributed by atoms with Crippen molar-refractivity contribution in [1.29, 1.82) is 0 Å². The van der Waals surface area contributed by atoms with E-state index in [1.807, 2.05) is 0 Å². The first-order valence-corrected chi connectivity index (χ1v) is 3.68. The molecule has 0 aliphatic heterocycles. The number of carboxylic acid groups (broad SMARTS) is 2. The van der Waals surface area contributed by atoms with Crippen molar-refractivity contribution in [2.24, 2.45) is 0 Å². The SMILES string of the molecule is CC(COC(=O)O)O[N+](=O)[O-].O=C(O)Cl. The third-order valence-corrected chi connectivity index (χ3v) is 0.708. The van der Waals surface area contributed by atoms with Crippen LogP contribution in [0.1, 0.15) is 6.92 Å². The highest BCUT2D eigenvalue weighted by atomic mass is 35.5. The Bertz CT molecular complexity index is 227. The van der Waals surface area contributed by atoms with Crippen molar-refractivity contribution in [2.45, 2.75) is 13.0 Å². The van der Waals surface area contributed by atoms with Gasteiger partial charge in [0.05, 0.1) is 0 Å². The molecule has 0 spiro atoms. The van der Waals surface area contributed by atoms with Gasteiger partial charge in [-0.05, 0) is 6.92 Å². The van der Waals surface area contributed by atoms with Crippen LogP contribution < -0.4 is 0 Å². The van der Waals surface area contributed by atoms with E-state index in [2.05, 4.69) is 21.2 Å². The van der Waals surface area contributed by atoms with Crippen molar-refractivity contribution in [1.82, 2.24) is 0 Å². The zero-order chi connectivity index (χ0) is 12.4. The number of halogens is 1. The molecule has 0 rings (SSSR count). The highest BCUT2D eigenvalue weighted by Gasteiger charge is 2.08. The largest absolute Gasteiger partial charge is 0.505 e. The molecule has 0 fully saturated rings. The standard InChI is InChI=1S/C4H7NO6.CHClO2/c1-3(11-5(8)9)2-10-4(6)7;2-1(3)4/h3H,2H2,1H3,(H,6,7);(H,3,4). The molecule has 0 saturated heterocycles. The number of rotatable bonds is 4. The lowest BCUT2D eigenvalue weighted by molar-refractivity contribution is -0.767. The zero-order valence-electron chi connectivity index (χ0n) is 7.45. The Labute approximate surface area is 88.3 Å². The molecule has 0 aromatic carbocycles. The molecule has 0 heterocycles. The number of hydrogen-bond acceptors (Lipinski definition) is 6. The average molecular weight is 246 g/mol. The predicted octanol–water partition coefficient (Wildman–Crippen LogP) is 1.18. The highest BCUT2D eigenvalue weighted by Crippen LogP contribution is 1.91. The zero-order valence-corrected chi connectivity index (χ0v) is 8.21. The third-order valence-electron chi connectivity index (χ3n) is 0.708. The summed E-state index contributed by atoms with van der Waals surface area (Å²) in [6, 6.07) is 0. The van der Waals surface area contributed by atoms with Crippen LogP contribution in [0.3, 0.4) is 0 Å².